The molecule has 2 unspecified atom stereocenters. The van der Waals surface area contributed by atoms with Gasteiger partial charge >= 0.3 is 0 Å². The van der Waals surface area contributed by atoms with Crippen LogP contribution in [0.25, 0.3) is 0 Å². The number of carbonyl (C=O) groups excluding carboxylic acids is 1. The van der Waals surface area contributed by atoms with Crippen LogP contribution in [0.3, 0.4) is 0 Å². The zero-order valence-electron chi connectivity index (χ0n) is 18.3. The monoisotopic (exact) mass is 481 g/mol. The quantitative estimate of drug-likeness (QED) is 0.420. The Kier molecular flexibility index (Phi) is 6.62. The SMILES string of the molecule is CC1CN(C(=O)c2ccccc2NS(=O)(=O)c2cccc([N+](=O)[O-])c2)CC(c2ccccc2)O1. The molecule has 0 bridgehead atoms. The number of nitrogens with one attached hydrogen (secondary N) is 1. The summed E-state index contributed by atoms with van der Waals surface area (Å²) in [6, 6.07) is 20.6. The second-order valence-corrected chi connectivity index (χ2v) is 9.64. The highest BCUT2D eigenvalue weighted by molar-refractivity contribution is 7.92. The summed E-state index contributed by atoms with van der Waals surface area (Å²) in [4.78, 5) is 25.2. The van der Waals surface area contributed by atoms with Crippen LogP contribution in [0.4, 0.5) is 11.4 Å². The van der Waals surface area contributed by atoms with E-state index in [0.717, 1.165) is 11.6 Å². The predicted molar refractivity (Wildman–Crippen MR) is 126 cm³/mol. The molecule has 0 aliphatic carbocycles. The number of amides is 1. The van der Waals surface area contributed by atoms with Crippen molar-refractivity contribution in [3.05, 3.63) is 100 Å². The third-order valence-corrected chi connectivity index (χ3v) is 6.82. The molecule has 1 N–H and O–H groups in total. The summed E-state index contributed by atoms with van der Waals surface area (Å²) in [5, 5.41) is 11.0. The number of non-ortho nitro benzene ring substituents is 1. The fourth-order valence-corrected chi connectivity index (χ4v) is 4.98. The molecule has 0 spiro atoms. The van der Waals surface area contributed by atoms with Crippen molar-refractivity contribution >= 4 is 27.3 Å². The summed E-state index contributed by atoms with van der Waals surface area (Å²) in [5.41, 5.74) is 0.875. The number of hydrogen-bond acceptors (Lipinski definition) is 6. The van der Waals surface area contributed by atoms with Crippen LogP contribution >= 0.6 is 0 Å². The molecule has 9 nitrogen and oxygen atoms in total. The minimum Gasteiger partial charge on any atom is -0.367 e. The van der Waals surface area contributed by atoms with Crippen LogP contribution in [-0.4, -0.2) is 43.3 Å². The number of nitro benzene ring substituents is 1. The number of hydrogen-bond donors (Lipinski definition) is 1. The first-order valence-electron chi connectivity index (χ1n) is 10.6. The molecule has 0 saturated carbocycles. The van der Waals surface area contributed by atoms with Crippen molar-refractivity contribution < 1.29 is 22.9 Å². The summed E-state index contributed by atoms with van der Waals surface area (Å²) in [6.45, 7) is 2.56. The molecule has 1 fully saturated rings. The highest BCUT2D eigenvalue weighted by Gasteiger charge is 2.31. The average Bonchev–Trinajstić information content (AvgIpc) is 2.84. The smallest absolute Gasteiger partial charge is 0.270 e. The van der Waals surface area contributed by atoms with Gasteiger partial charge in [-0.25, -0.2) is 8.42 Å². The highest BCUT2D eigenvalue weighted by Crippen LogP contribution is 2.28. The number of nitrogens with zero attached hydrogens (tertiary/aromatic N) is 2. The van der Waals surface area contributed by atoms with E-state index in [9.17, 15) is 23.3 Å². The van der Waals surface area contributed by atoms with Gasteiger partial charge < -0.3 is 9.64 Å². The second kappa shape index (κ2) is 9.62. The van der Waals surface area contributed by atoms with E-state index in [1.54, 1.807) is 23.1 Å². The third kappa shape index (κ3) is 5.08. The van der Waals surface area contributed by atoms with Gasteiger partial charge in [0.15, 0.2) is 0 Å². The maximum absolute atomic E-state index is 13.5. The molecular formula is C24H23N3O6S. The Morgan fingerprint density at radius 2 is 1.74 bits per heavy atom. The van der Waals surface area contributed by atoms with Gasteiger partial charge in [0.1, 0.15) is 6.10 Å². The molecular weight excluding hydrogens is 458 g/mol. The number of anilines is 1. The number of sulfonamides is 1. The maximum atomic E-state index is 13.5. The Morgan fingerprint density at radius 1 is 1.03 bits per heavy atom. The Balaban J connectivity index is 1.60. The molecule has 1 aliphatic rings. The Hall–Kier alpha value is -3.76. The molecule has 10 heteroatoms. The van der Waals surface area contributed by atoms with Crippen molar-refractivity contribution in [1.82, 2.24) is 4.90 Å². The lowest BCUT2D eigenvalue weighted by molar-refractivity contribution is -0.385. The molecule has 1 heterocycles. The third-order valence-electron chi connectivity index (χ3n) is 5.46. The van der Waals surface area contributed by atoms with Crippen molar-refractivity contribution in [2.75, 3.05) is 17.8 Å². The van der Waals surface area contributed by atoms with E-state index in [2.05, 4.69) is 4.72 Å². The van der Waals surface area contributed by atoms with E-state index in [4.69, 9.17) is 4.74 Å². The van der Waals surface area contributed by atoms with E-state index in [0.29, 0.717) is 13.1 Å². The molecule has 176 valence electrons. The lowest BCUT2D eigenvalue weighted by atomic mass is 10.1. The van der Waals surface area contributed by atoms with Crippen LogP contribution in [0.5, 0.6) is 0 Å². The van der Waals surface area contributed by atoms with Crippen molar-refractivity contribution in [1.29, 1.82) is 0 Å². The zero-order valence-corrected chi connectivity index (χ0v) is 19.1. The molecule has 0 radical (unpaired) electrons. The second-order valence-electron chi connectivity index (χ2n) is 7.96. The van der Waals surface area contributed by atoms with E-state index in [1.165, 1.54) is 24.3 Å². The van der Waals surface area contributed by atoms with E-state index in [-0.39, 0.29) is 39.9 Å². The minimum atomic E-state index is -4.17. The number of rotatable bonds is 6. The highest BCUT2D eigenvalue weighted by atomic mass is 32.2. The largest absolute Gasteiger partial charge is 0.367 e. The van der Waals surface area contributed by atoms with Crippen LogP contribution < -0.4 is 4.72 Å². The number of morpholine rings is 1. The fraction of sp³-hybridized carbons (Fsp3) is 0.208. The van der Waals surface area contributed by atoms with Crippen LogP contribution in [0, 0.1) is 10.1 Å². The first kappa shape index (κ1) is 23.4. The van der Waals surface area contributed by atoms with Gasteiger partial charge in [-0.2, -0.15) is 0 Å². The lowest BCUT2D eigenvalue weighted by Gasteiger charge is -2.37. The molecule has 1 aliphatic heterocycles. The standard InChI is InChI=1S/C24H23N3O6S/c1-17-15-26(16-23(33-17)18-8-3-2-4-9-18)24(28)21-12-5-6-13-22(21)25-34(31,32)20-11-7-10-19(14-20)27(29)30/h2-14,17,23,25H,15-16H2,1H3. The normalized spacial score (nSPS) is 18.3. The van der Waals surface area contributed by atoms with E-state index in [1.807, 2.05) is 37.3 Å². The van der Waals surface area contributed by atoms with Crippen LogP contribution in [-0.2, 0) is 14.8 Å². The number of carbonyl (C=O) groups is 1. The predicted octanol–water partition coefficient (Wildman–Crippen LogP) is 4.00. The van der Waals surface area contributed by atoms with Gasteiger partial charge in [-0.15, -0.1) is 0 Å². The molecule has 0 aromatic heterocycles. The molecule has 1 amide bonds. The Bertz CT molecular complexity index is 1310. The maximum Gasteiger partial charge on any atom is 0.270 e. The fourth-order valence-electron chi connectivity index (χ4n) is 3.87. The lowest BCUT2D eigenvalue weighted by Crippen LogP contribution is -2.46. The van der Waals surface area contributed by atoms with Crippen LogP contribution in [0.2, 0.25) is 0 Å². The van der Waals surface area contributed by atoms with Crippen LogP contribution in [0.1, 0.15) is 28.9 Å². The summed E-state index contributed by atoms with van der Waals surface area (Å²) in [7, 11) is -4.17. The van der Waals surface area contributed by atoms with Gasteiger partial charge in [0.05, 0.1) is 33.7 Å². The molecule has 4 rings (SSSR count). The molecule has 1 saturated heterocycles. The van der Waals surface area contributed by atoms with Gasteiger partial charge in [-0.05, 0) is 30.7 Å². The topological polar surface area (TPSA) is 119 Å². The molecule has 34 heavy (non-hydrogen) atoms. The number of nitro groups is 1. The van der Waals surface area contributed by atoms with Gasteiger partial charge in [0, 0.05) is 18.7 Å². The Labute approximate surface area is 197 Å². The minimum absolute atomic E-state index is 0.0920. The van der Waals surface area contributed by atoms with Gasteiger partial charge in [0.2, 0.25) is 0 Å². The average molecular weight is 482 g/mol. The summed E-state index contributed by atoms with van der Waals surface area (Å²) < 4.78 is 34.3. The van der Waals surface area contributed by atoms with Gasteiger partial charge in [-0.1, -0.05) is 48.5 Å². The van der Waals surface area contributed by atoms with E-state index < -0.39 is 14.9 Å². The summed E-state index contributed by atoms with van der Waals surface area (Å²) in [6.07, 6.45) is -0.515. The van der Waals surface area contributed by atoms with E-state index >= 15 is 0 Å². The van der Waals surface area contributed by atoms with Gasteiger partial charge in [-0.3, -0.25) is 19.6 Å². The number of benzene rings is 3. The summed E-state index contributed by atoms with van der Waals surface area (Å²) >= 11 is 0. The zero-order chi connectivity index (χ0) is 24.3. The number of para-hydroxylation sites is 1. The molecule has 3 aromatic rings. The molecule has 3 aromatic carbocycles. The van der Waals surface area contributed by atoms with Gasteiger partial charge in [0.25, 0.3) is 21.6 Å². The van der Waals surface area contributed by atoms with Crippen molar-refractivity contribution in [3.63, 3.8) is 0 Å². The van der Waals surface area contributed by atoms with Crippen molar-refractivity contribution in [2.45, 2.75) is 24.0 Å². The van der Waals surface area contributed by atoms with Crippen molar-refractivity contribution in [2.24, 2.45) is 0 Å². The first-order valence-corrected chi connectivity index (χ1v) is 12.1. The Morgan fingerprint density at radius 3 is 2.47 bits per heavy atom. The first-order chi connectivity index (χ1) is 16.2. The number of ether oxygens (including phenoxy) is 1. The summed E-state index contributed by atoms with van der Waals surface area (Å²) in [5.74, 6) is -0.339. The molecule has 2 atom stereocenters. The van der Waals surface area contributed by atoms with Crippen molar-refractivity contribution in [3.8, 4) is 0 Å². The van der Waals surface area contributed by atoms with Crippen LogP contribution in [0.15, 0.2) is 83.8 Å².